The van der Waals surface area contributed by atoms with Crippen molar-refractivity contribution in [1.29, 1.82) is 5.26 Å². The summed E-state index contributed by atoms with van der Waals surface area (Å²) in [6.07, 6.45) is -0.0114. The Labute approximate surface area is 109 Å². The van der Waals surface area contributed by atoms with Gasteiger partial charge in [0.25, 0.3) is 0 Å². The number of hydrogen-bond acceptors (Lipinski definition) is 3. The molecule has 0 aliphatic carbocycles. The van der Waals surface area contributed by atoms with Crippen LogP contribution in [0.2, 0.25) is 0 Å². The molecule has 1 heterocycles. The Kier molecular flexibility index (Phi) is 3.71. The van der Waals surface area contributed by atoms with Crippen molar-refractivity contribution in [3.8, 4) is 23.1 Å². The Morgan fingerprint density at radius 2 is 2.00 bits per heavy atom. The van der Waals surface area contributed by atoms with Crippen molar-refractivity contribution >= 4 is 0 Å². The fourth-order valence-electron chi connectivity index (χ4n) is 1.76. The van der Waals surface area contributed by atoms with Gasteiger partial charge in [-0.3, -0.25) is 0 Å². The van der Waals surface area contributed by atoms with E-state index in [4.69, 9.17) is 10.00 Å². The van der Waals surface area contributed by atoms with E-state index in [9.17, 15) is 8.78 Å². The van der Waals surface area contributed by atoms with Crippen LogP contribution in [0.4, 0.5) is 8.78 Å². The molecule has 0 aliphatic heterocycles. The van der Waals surface area contributed by atoms with Gasteiger partial charge < -0.3 is 4.74 Å². The Bertz CT molecular complexity index is 650. The van der Waals surface area contributed by atoms with Gasteiger partial charge in [0.2, 0.25) is 5.88 Å². The molecule has 2 rings (SSSR count). The van der Waals surface area contributed by atoms with Crippen LogP contribution in [0.25, 0.3) is 11.1 Å². The Hall–Kier alpha value is -2.48. The summed E-state index contributed by atoms with van der Waals surface area (Å²) in [4.78, 5) is 4.09. The van der Waals surface area contributed by atoms with Gasteiger partial charge in [-0.2, -0.15) is 5.26 Å². The summed E-state index contributed by atoms with van der Waals surface area (Å²) in [5.74, 6) is -1.56. The van der Waals surface area contributed by atoms with Crippen molar-refractivity contribution in [2.75, 3.05) is 7.11 Å². The number of benzene rings is 1. The first kappa shape index (κ1) is 13.0. The highest BCUT2D eigenvalue weighted by Crippen LogP contribution is 2.28. The average molecular weight is 260 g/mol. The minimum Gasteiger partial charge on any atom is -0.481 e. The second-order valence-corrected chi connectivity index (χ2v) is 3.78. The molecular formula is C14H10F2N2O. The lowest BCUT2D eigenvalue weighted by atomic mass is 10.0. The van der Waals surface area contributed by atoms with Gasteiger partial charge in [0, 0.05) is 17.2 Å². The lowest BCUT2D eigenvalue weighted by Gasteiger charge is -2.09. The molecule has 1 aromatic carbocycles. The van der Waals surface area contributed by atoms with Gasteiger partial charge in [0.05, 0.1) is 25.3 Å². The van der Waals surface area contributed by atoms with E-state index in [0.717, 1.165) is 6.07 Å². The molecule has 0 amide bonds. The van der Waals surface area contributed by atoms with Gasteiger partial charge in [-0.1, -0.05) is 12.1 Å². The molecule has 0 bridgehead atoms. The smallest absolute Gasteiger partial charge is 0.213 e. The predicted molar refractivity (Wildman–Crippen MR) is 65.5 cm³/mol. The lowest BCUT2D eigenvalue weighted by molar-refractivity contribution is 0.397. The van der Waals surface area contributed by atoms with E-state index in [1.807, 2.05) is 6.07 Å². The van der Waals surface area contributed by atoms with Crippen LogP contribution in [0.1, 0.15) is 5.69 Å². The minimum atomic E-state index is -0.950. The third-order valence-electron chi connectivity index (χ3n) is 2.65. The van der Waals surface area contributed by atoms with E-state index in [-0.39, 0.29) is 12.0 Å². The topological polar surface area (TPSA) is 45.9 Å². The van der Waals surface area contributed by atoms with Crippen LogP contribution in [0.3, 0.4) is 0 Å². The Morgan fingerprint density at radius 1 is 1.21 bits per heavy atom. The molecule has 5 heteroatoms. The Balaban J connectivity index is 2.61. The molecule has 0 aliphatic rings. The molecule has 0 unspecified atom stereocenters. The molecule has 0 spiro atoms. The standard InChI is InChI=1S/C14H10F2N2O/c1-19-13-6-5-9(12(18-13)7-8-17)10-3-2-4-11(15)14(10)16/h2-6H,7H2,1H3. The molecule has 19 heavy (non-hydrogen) atoms. The second kappa shape index (κ2) is 5.44. The molecule has 0 saturated heterocycles. The monoisotopic (exact) mass is 260 g/mol. The van der Waals surface area contributed by atoms with E-state index in [0.29, 0.717) is 17.1 Å². The quantitative estimate of drug-likeness (QED) is 0.851. The number of aromatic nitrogens is 1. The van der Waals surface area contributed by atoms with Gasteiger partial charge in [-0.15, -0.1) is 0 Å². The van der Waals surface area contributed by atoms with Crippen molar-refractivity contribution in [1.82, 2.24) is 4.98 Å². The number of methoxy groups -OCH3 is 1. The van der Waals surface area contributed by atoms with Crippen LogP contribution in [-0.4, -0.2) is 12.1 Å². The fourth-order valence-corrected chi connectivity index (χ4v) is 1.76. The van der Waals surface area contributed by atoms with Crippen molar-refractivity contribution in [3.63, 3.8) is 0 Å². The molecule has 0 fully saturated rings. The number of ether oxygens (including phenoxy) is 1. The first-order valence-electron chi connectivity index (χ1n) is 5.52. The van der Waals surface area contributed by atoms with Crippen LogP contribution >= 0.6 is 0 Å². The number of hydrogen-bond donors (Lipinski definition) is 0. The molecular weight excluding hydrogens is 250 g/mol. The zero-order chi connectivity index (χ0) is 13.8. The normalized spacial score (nSPS) is 10.0. The first-order valence-corrected chi connectivity index (χ1v) is 5.52. The zero-order valence-electron chi connectivity index (χ0n) is 10.2. The number of nitriles is 1. The summed E-state index contributed by atoms with van der Waals surface area (Å²) in [7, 11) is 1.45. The number of pyridine rings is 1. The van der Waals surface area contributed by atoms with Crippen LogP contribution in [0.5, 0.6) is 5.88 Å². The molecule has 1 aromatic heterocycles. The third-order valence-corrected chi connectivity index (χ3v) is 2.65. The largest absolute Gasteiger partial charge is 0.481 e. The van der Waals surface area contributed by atoms with E-state index >= 15 is 0 Å². The molecule has 0 saturated carbocycles. The maximum atomic E-state index is 13.8. The number of nitrogens with zero attached hydrogens (tertiary/aromatic N) is 2. The Morgan fingerprint density at radius 3 is 2.68 bits per heavy atom. The van der Waals surface area contributed by atoms with E-state index < -0.39 is 11.6 Å². The molecule has 0 radical (unpaired) electrons. The van der Waals surface area contributed by atoms with E-state index in [1.54, 1.807) is 12.1 Å². The molecule has 0 atom stereocenters. The van der Waals surface area contributed by atoms with Gasteiger partial charge in [-0.05, 0) is 12.1 Å². The summed E-state index contributed by atoms with van der Waals surface area (Å²) >= 11 is 0. The highest BCUT2D eigenvalue weighted by atomic mass is 19.2. The van der Waals surface area contributed by atoms with Gasteiger partial charge in [0.1, 0.15) is 0 Å². The summed E-state index contributed by atoms with van der Waals surface area (Å²) in [6, 6.07) is 8.95. The SMILES string of the molecule is COc1ccc(-c2cccc(F)c2F)c(CC#N)n1. The van der Waals surface area contributed by atoms with Crippen molar-refractivity contribution in [2.24, 2.45) is 0 Å². The highest BCUT2D eigenvalue weighted by Gasteiger charge is 2.14. The molecule has 0 N–H and O–H groups in total. The van der Waals surface area contributed by atoms with Crippen molar-refractivity contribution in [2.45, 2.75) is 6.42 Å². The van der Waals surface area contributed by atoms with Crippen molar-refractivity contribution in [3.05, 3.63) is 47.7 Å². The van der Waals surface area contributed by atoms with Crippen LogP contribution in [0.15, 0.2) is 30.3 Å². The zero-order valence-corrected chi connectivity index (χ0v) is 10.2. The minimum absolute atomic E-state index is 0.0114. The van der Waals surface area contributed by atoms with Crippen LogP contribution < -0.4 is 4.74 Å². The van der Waals surface area contributed by atoms with Gasteiger partial charge in [0.15, 0.2) is 11.6 Å². The molecule has 3 nitrogen and oxygen atoms in total. The van der Waals surface area contributed by atoms with Crippen LogP contribution in [0, 0.1) is 23.0 Å². The third kappa shape index (κ3) is 2.52. The average Bonchev–Trinajstić information content (AvgIpc) is 2.42. The summed E-state index contributed by atoms with van der Waals surface area (Å²) in [5, 5.41) is 8.78. The summed E-state index contributed by atoms with van der Waals surface area (Å²) in [5.41, 5.74) is 0.825. The van der Waals surface area contributed by atoms with Crippen molar-refractivity contribution < 1.29 is 13.5 Å². The van der Waals surface area contributed by atoms with Gasteiger partial charge >= 0.3 is 0 Å². The summed E-state index contributed by atoms with van der Waals surface area (Å²) < 4.78 is 32.0. The predicted octanol–water partition coefficient (Wildman–Crippen LogP) is 3.10. The van der Waals surface area contributed by atoms with Crippen LogP contribution in [-0.2, 0) is 6.42 Å². The lowest BCUT2D eigenvalue weighted by Crippen LogP contribution is -1.98. The number of rotatable bonds is 3. The van der Waals surface area contributed by atoms with E-state index in [2.05, 4.69) is 4.98 Å². The molecule has 96 valence electrons. The summed E-state index contributed by atoms with van der Waals surface area (Å²) in [6.45, 7) is 0. The molecule has 2 aromatic rings. The first-order chi connectivity index (χ1) is 9.17. The highest BCUT2D eigenvalue weighted by molar-refractivity contribution is 5.67. The maximum Gasteiger partial charge on any atom is 0.213 e. The maximum absolute atomic E-state index is 13.8. The van der Waals surface area contributed by atoms with Gasteiger partial charge in [-0.25, -0.2) is 13.8 Å². The van der Waals surface area contributed by atoms with E-state index in [1.165, 1.54) is 19.2 Å². The second-order valence-electron chi connectivity index (χ2n) is 3.78. The fraction of sp³-hybridized carbons (Fsp3) is 0.143. The number of halogens is 2.